The molecule has 3 rings (SSSR count). The Hall–Kier alpha value is -3.22. The number of aryl methyl sites for hydroxylation is 1. The SMILES string of the molecule is COc1cc(C(=O)NCCC(=O)N2CCCc3ccccc32)cc(OC)c1OC. The first-order valence-electron chi connectivity index (χ1n) is 9.55. The number of benzene rings is 2. The minimum absolute atomic E-state index is 0.00217. The van der Waals surface area contributed by atoms with Crippen molar-refractivity contribution in [3.63, 3.8) is 0 Å². The number of rotatable bonds is 7. The van der Waals surface area contributed by atoms with Crippen LogP contribution in [0.2, 0.25) is 0 Å². The molecule has 0 fully saturated rings. The van der Waals surface area contributed by atoms with Gasteiger partial charge >= 0.3 is 0 Å². The summed E-state index contributed by atoms with van der Waals surface area (Å²) >= 11 is 0. The van der Waals surface area contributed by atoms with E-state index in [1.807, 2.05) is 23.1 Å². The molecule has 0 aliphatic carbocycles. The highest BCUT2D eigenvalue weighted by atomic mass is 16.5. The number of para-hydroxylation sites is 1. The zero-order valence-electron chi connectivity index (χ0n) is 17.0. The van der Waals surface area contributed by atoms with Crippen molar-refractivity contribution in [2.24, 2.45) is 0 Å². The number of methoxy groups -OCH3 is 3. The molecule has 1 aliphatic heterocycles. The van der Waals surface area contributed by atoms with Gasteiger partial charge in [0.15, 0.2) is 11.5 Å². The summed E-state index contributed by atoms with van der Waals surface area (Å²) in [5, 5.41) is 2.79. The molecule has 2 aromatic rings. The van der Waals surface area contributed by atoms with Crippen molar-refractivity contribution in [1.82, 2.24) is 5.32 Å². The Labute approximate surface area is 170 Å². The van der Waals surface area contributed by atoms with E-state index in [1.54, 1.807) is 12.1 Å². The Bertz CT molecular complexity index is 872. The molecule has 1 heterocycles. The van der Waals surface area contributed by atoms with E-state index in [1.165, 1.54) is 26.9 Å². The maximum atomic E-state index is 12.7. The van der Waals surface area contributed by atoms with E-state index in [9.17, 15) is 9.59 Å². The number of ether oxygens (including phenoxy) is 3. The molecule has 2 amide bonds. The highest BCUT2D eigenvalue weighted by Gasteiger charge is 2.22. The van der Waals surface area contributed by atoms with Gasteiger partial charge in [-0.3, -0.25) is 9.59 Å². The van der Waals surface area contributed by atoms with Crippen molar-refractivity contribution >= 4 is 17.5 Å². The van der Waals surface area contributed by atoms with Gasteiger partial charge in [-0.05, 0) is 36.6 Å². The smallest absolute Gasteiger partial charge is 0.251 e. The quantitative estimate of drug-likeness (QED) is 0.776. The first-order chi connectivity index (χ1) is 14.1. The molecule has 0 saturated carbocycles. The molecule has 0 radical (unpaired) electrons. The lowest BCUT2D eigenvalue weighted by atomic mass is 10.0. The van der Waals surface area contributed by atoms with E-state index in [2.05, 4.69) is 11.4 Å². The molecule has 0 atom stereocenters. The van der Waals surface area contributed by atoms with Crippen LogP contribution in [0.4, 0.5) is 5.69 Å². The minimum Gasteiger partial charge on any atom is -0.493 e. The topological polar surface area (TPSA) is 77.1 Å². The number of carbonyl (C=O) groups is 2. The lowest BCUT2D eigenvalue weighted by molar-refractivity contribution is -0.118. The number of carbonyl (C=O) groups excluding carboxylic acids is 2. The third-order valence-electron chi connectivity index (χ3n) is 4.96. The van der Waals surface area contributed by atoms with Crippen LogP contribution in [0.5, 0.6) is 17.2 Å². The van der Waals surface area contributed by atoms with Gasteiger partial charge in [0, 0.05) is 30.8 Å². The Morgan fingerprint density at radius 3 is 2.38 bits per heavy atom. The van der Waals surface area contributed by atoms with Gasteiger partial charge in [0.2, 0.25) is 11.7 Å². The van der Waals surface area contributed by atoms with E-state index in [0.29, 0.717) is 29.4 Å². The summed E-state index contributed by atoms with van der Waals surface area (Å²) < 4.78 is 15.8. The van der Waals surface area contributed by atoms with E-state index in [0.717, 1.165) is 18.5 Å². The minimum atomic E-state index is -0.309. The molecule has 154 valence electrons. The molecule has 29 heavy (non-hydrogen) atoms. The van der Waals surface area contributed by atoms with Gasteiger partial charge in [0.1, 0.15) is 0 Å². The van der Waals surface area contributed by atoms with Gasteiger partial charge in [-0.25, -0.2) is 0 Å². The Morgan fingerprint density at radius 2 is 1.72 bits per heavy atom. The first-order valence-corrected chi connectivity index (χ1v) is 9.55. The average Bonchev–Trinajstić information content (AvgIpc) is 2.77. The fourth-order valence-electron chi connectivity index (χ4n) is 3.52. The molecular formula is C22H26N2O5. The summed E-state index contributed by atoms with van der Waals surface area (Å²) in [6.07, 6.45) is 2.16. The predicted octanol–water partition coefficient (Wildman–Crippen LogP) is 2.81. The predicted molar refractivity (Wildman–Crippen MR) is 110 cm³/mol. The van der Waals surface area contributed by atoms with Gasteiger partial charge in [0.05, 0.1) is 21.3 Å². The molecule has 0 aromatic heterocycles. The monoisotopic (exact) mass is 398 g/mol. The standard InChI is InChI=1S/C22H26N2O5/c1-27-18-13-16(14-19(28-2)21(18)29-3)22(26)23-11-10-20(25)24-12-6-8-15-7-4-5-9-17(15)24/h4-5,7,9,13-14H,6,8,10-12H2,1-3H3,(H,23,26). The molecule has 0 saturated heterocycles. The van der Waals surface area contributed by atoms with Crippen molar-refractivity contribution in [3.8, 4) is 17.2 Å². The highest BCUT2D eigenvalue weighted by molar-refractivity contribution is 5.97. The number of hydrogen-bond acceptors (Lipinski definition) is 5. The molecule has 0 spiro atoms. The van der Waals surface area contributed by atoms with Crippen molar-refractivity contribution in [1.29, 1.82) is 0 Å². The van der Waals surface area contributed by atoms with Gasteiger partial charge in [-0.1, -0.05) is 18.2 Å². The Morgan fingerprint density at radius 1 is 1.03 bits per heavy atom. The Balaban J connectivity index is 1.63. The second kappa shape index (κ2) is 9.32. The van der Waals surface area contributed by atoms with Crippen LogP contribution in [-0.2, 0) is 11.2 Å². The normalized spacial score (nSPS) is 12.7. The van der Waals surface area contributed by atoms with Crippen LogP contribution in [0.15, 0.2) is 36.4 Å². The van der Waals surface area contributed by atoms with E-state index in [4.69, 9.17) is 14.2 Å². The van der Waals surface area contributed by atoms with Crippen LogP contribution < -0.4 is 24.4 Å². The van der Waals surface area contributed by atoms with E-state index in [-0.39, 0.29) is 24.8 Å². The number of nitrogens with one attached hydrogen (secondary N) is 1. The Kier molecular flexibility index (Phi) is 6.59. The molecular weight excluding hydrogens is 372 g/mol. The van der Waals surface area contributed by atoms with E-state index >= 15 is 0 Å². The fourth-order valence-corrected chi connectivity index (χ4v) is 3.52. The second-order valence-electron chi connectivity index (χ2n) is 6.70. The zero-order valence-corrected chi connectivity index (χ0v) is 17.0. The van der Waals surface area contributed by atoms with Gasteiger partial charge in [0.25, 0.3) is 5.91 Å². The van der Waals surface area contributed by atoms with Crippen LogP contribution in [-0.4, -0.2) is 46.2 Å². The molecule has 7 heteroatoms. The van der Waals surface area contributed by atoms with Gasteiger partial charge in [-0.15, -0.1) is 0 Å². The number of anilines is 1. The summed E-state index contributed by atoms with van der Waals surface area (Å²) in [6, 6.07) is 11.1. The number of nitrogens with zero attached hydrogens (tertiary/aromatic N) is 1. The van der Waals surface area contributed by atoms with Gasteiger partial charge in [-0.2, -0.15) is 0 Å². The summed E-state index contributed by atoms with van der Waals surface area (Å²) in [7, 11) is 4.49. The zero-order chi connectivity index (χ0) is 20.8. The largest absolute Gasteiger partial charge is 0.493 e. The lowest BCUT2D eigenvalue weighted by Gasteiger charge is -2.29. The average molecular weight is 398 g/mol. The van der Waals surface area contributed by atoms with E-state index < -0.39 is 0 Å². The molecule has 0 unspecified atom stereocenters. The molecule has 1 aliphatic rings. The summed E-state index contributed by atoms with van der Waals surface area (Å²) in [6.45, 7) is 0.948. The highest BCUT2D eigenvalue weighted by Crippen LogP contribution is 2.38. The summed E-state index contributed by atoms with van der Waals surface area (Å²) in [5.74, 6) is 0.917. The van der Waals surface area contributed by atoms with Crippen molar-refractivity contribution in [2.45, 2.75) is 19.3 Å². The number of fused-ring (bicyclic) bond motifs is 1. The van der Waals surface area contributed by atoms with Crippen molar-refractivity contribution in [3.05, 3.63) is 47.5 Å². The molecule has 1 N–H and O–H groups in total. The fraction of sp³-hybridized carbons (Fsp3) is 0.364. The van der Waals surface area contributed by atoms with Crippen molar-refractivity contribution in [2.75, 3.05) is 39.3 Å². The first kappa shape index (κ1) is 20.5. The number of hydrogen-bond donors (Lipinski definition) is 1. The lowest BCUT2D eigenvalue weighted by Crippen LogP contribution is -2.37. The van der Waals surface area contributed by atoms with Gasteiger partial charge < -0.3 is 24.4 Å². The summed E-state index contributed by atoms with van der Waals surface area (Å²) in [4.78, 5) is 27.0. The third kappa shape index (κ3) is 4.45. The van der Waals surface area contributed by atoms with Crippen LogP contribution in [0.1, 0.15) is 28.8 Å². The van der Waals surface area contributed by atoms with Crippen LogP contribution in [0.3, 0.4) is 0 Å². The molecule has 7 nitrogen and oxygen atoms in total. The van der Waals surface area contributed by atoms with Crippen LogP contribution in [0.25, 0.3) is 0 Å². The van der Waals surface area contributed by atoms with Crippen molar-refractivity contribution < 1.29 is 23.8 Å². The third-order valence-corrected chi connectivity index (χ3v) is 4.96. The van der Waals surface area contributed by atoms with Crippen LogP contribution >= 0.6 is 0 Å². The maximum Gasteiger partial charge on any atom is 0.251 e. The molecule has 2 aromatic carbocycles. The molecule has 0 bridgehead atoms. The number of amides is 2. The maximum absolute atomic E-state index is 12.7. The second-order valence-corrected chi connectivity index (χ2v) is 6.70. The summed E-state index contributed by atoms with van der Waals surface area (Å²) in [5.41, 5.74) is 2.53. The van der Waals surface area contributed by atoms with Crippen LogP contribution in [0, 0.1) is 0 Å².